The molecule has 0 atom stereocenters. The fraction of sp³-hybridized carbons (Fsp3) is 0.438. The normalized spacial score (nSPS) is 15.3. The summed E-state index contributed by atoms with van der Waals surface area (Å²) < 4.78 is 18.3. The molecule has 3 rings (SSSR count). The first-order valence-electron chi connectivity index (χ1n) is 7.72. The number of ether oxygens (including phenoxy) is 1. The standard InChI is InChI=1S/C16H18FN3O2S/c17-12-6-8-13(9-7-12)22-10-14-19-20-16(23-14)18-15(21)11-4-2-1-3-5-11/h6-9,11H,1-5,10H2,(H,18,20,21). The van der Waals surface area contributed by atoms with Crippen molar-refractivity contribution in [3.8, 4) is 5.75 Å². The van der Waals surface area contributed by atoms with Gasteiger partial charge in [0.1, 0.15) is 18.2 Å². The third-order valence-corrected chi connectivity index (χ3v) is 4.66. The molecule has 7 heteroatoms. The Morgan fingerprint density at radius 3 is 2.70 bits per heavy atom. The number of nitrogens with zero attached hydrogens (tertiary/aromatic N) is 2. The number of nitrogens with one attached hydrogen (secondary N) is 1. The first-order chi connectivity index (χ1) is 11.2. The zero-order valence-electron chi connectivity index (χ0n) is 12.6. The van der Waals surface area contributed by atoms with Crippen LogP contribution >= 0.6 is 11.3 Å². The molecule has 1 aliphatic carbocycles. The zero-order valence-corrected chi connectivity index (χ0v) is 13.4. The van der Waals surface area contributed by atoms with Gasteiger partial charge in [0.05, 0.1) is 0 Å². The third-order valence-electron chi connectivity index (χ3n) is 3.85. The average Bonchev–Trinajstić information content (AvgIpc) is 3.02. The van der Waals surface area contributed by atoms with Gasteiger partial charge in [-0.15, -0.1) is 10.2 Å². The van der Waals surface area contributed by atoms with Crippen LogP contribution in [0.15, 0.2) is 24.3 Å². The molecule has 0 unspecified atom stereocenters. The van der Waals surface area contributed by atoms with Crippen LogP contribution in [0.25, 0.3) is 0 Å². The van der Waals surface area contributed by atoms with Crippen molar-refractivity contribution in [1.82, 2.24) is 10.2 Å². The van der Waals surface area contributed by atoms with Crippen LogP contribution in [0, 0.1) is 11.7 Å². The van der Waals surface area contributed by atoms with E-state index < -0.39 is 0 Å². The van der Waals surface area contributed by atoms with Crippen molar-refractivity contribution in [2.24, 2.45) is 5.92 Å². The maximum absolute atomic E-state index is 12.8. The van der Waals surface area contributed by atoms with Gasteiger partial charge in [-0.3, -0.25) is 4.79 Å². The van der Waals surface area contributed by atoms with Crippen LogP contribution in [0.2, 0.25) is 0 Å². The number of carbonyl (C=O) groups is 1. The monoisotopic (exact) mass is 335 g/mol. The van der Waals surface area contributed by atoms with Crippen molar-refractivity contribution in [2.75, 3.05) is 5.32 Å². The summed E-state index contributed by atoms with van der Waals surface area (Å²) in [5.41, 5.74) is 0. The molecule has 1 heterocycles. The maximum atomic E-state index is 12.8. The summed E-state index contributed by atoms with van der Waals surface area (Å²) >= 11 is 1.29. The summed E-state index contributed by atoms with van der Waals surface area (Å²) in [6.45, 7) is 0.239. The molecular formula is C16H18FN3O2S. The Hall–Kier alpha value is -2.02. The lowest BCUT2D eigenvalue weighted by Gasteiger charge is -2.19. The van der Waals surface area contributed by atoms with Crippen molar-refractivity contribution in [2.45, 2.75) is 38.7 Å². The fourth-order valence-electron chi connectivity index (χ4n) is 2.61. The van der Waals surface area contributed by atoms with Gasteiger partial charge in [0.15, 0.2) is 5.01 Å². The lowest BCUT2D eigenvalue weighted by Crippen LogP contribution is -2.24. The highest BCUT2D eigenvalue weighted by molar-refractivity contribution is 7.15. The minimum absolute atomic E-state index is 0.0341. The summed E-state index contributed by atoms with van der Waals surface area (Å²) in [6.07, 6.45) is 5.35. The summed E-state index contributed by atoms with van der Waals surface area (Å²) in [6, 6.07) is 5.79. The van der Waals surface area contributed by atoms with Gasteiger partial charge in [0.25, 0.3) is 0 Å². The Bertz CT molecular complexity index is 654. The van der Waals surface area contributed by atoms with E-state index in [-0.39, 0.29) is 24.2 Å². The van der Waals surface area contributed by atoms with E-state index in [0.29, 0.717) is 15.9 Å². The largest absolute Gasteiger partial charge is 0.486 e. The minimum atomic E-state index is -0.305. The molecule has 122 valence electrons. The second kappa shape index (κ2) is 7.50. The van der Waals surface area contributed by atoms with Gasteiger partial charge in [0, 0.05) is 5.92 Å². The fourth-order valence-corrected chi connectivity index (χ4v) is 3.27. The molecule has 1 aliphatic rings. The quantitative estimate of drug-likeness (QED) is 0.903. The van der Waals surface area contributed by atoms with Gasteiger partial charge in [-0.25, -0.2) is 4.39 Å². The van der Waals surface area contributed by atoms with Gasteiger partial charge in [-0.1, -0.05) is 30.6 Å². The van der Waals surface area contributed by atoms with Crippen molar-refractivity contribution < 1.29 is 13.9 Å². The third kappa shape index (κ3) is 4.48. The van der Waals surface area contributed by atoms with Crippen LogP contribution in [-0.4, -0.2) is 16.1 Å². The molecule has 1 amide bonds. The van der Waals surface area contributed by atoms with Gasteiger partial charge in [0.2, 0.25) is 11.0 Å². The molecule has 2 aromatic rings. The predicted molar refractivity (Wildman–Crippen MR) is 85.8 cm³/mol. The number of anilines is 1. The smallest absolute Gasteiger partial charge is 0.229 e. The molecule has 5 nitrogen and oxygen atoms in total. The second-order valence-electron chi connectivity index (χ2n) is 5.57. The highest BCUT2D eigenvalue weighted by Crippen LogP contribution is 2.26. The maximum Gasteiger partial charge on any atom is 0.229 e. The number of benzene rings is 1. The van der Waals surface area contributed by atoms with Gasteiger partial charge in [-0.2, -0.15) is 0 Å². The highest BCUT2D eigenvalue weighted by Gasteiger charge is 2.22. The van der Waals surface area contributed by atoms with Crippen LogP contribution in [0.1, 0.15) is 37.1 Å². The summed E-state index contributed by atoms with van der Waals surface area (Å²) in [7, 11) is 0. The van der Waals surface area contributed by atoms with Gasteiger partial charge >= 0.3 is 0 Å². The van der Waals surface area contributed by atoms with Crippen LogP contribution < -0.4 is 10.1 Å². The van der Waals surface area contributed by atoms with E-state index in [4.69, 9.17) is 4.74 Å². The lowest BCUT2D eigenvalue weighted by molar-refractivity contribution is -0.120. The Morgan fingerprint density at radius 2 is 1.96 bits per heavy atom. The van der Waals surface area contributed by atoms with Gasteiger partial charge in [-0.05, 0) is 37.1 Å². The van der Waals surface area contributed by atoms with E-state index in [9.17, 15) is 9.18 Å². The van der Waals surface area contributed by atoms with Crippen LogP contribution in [0.5, 0.6) is 5.75 Å². The van der Waals surface area contributed by atoms with E-state index in [1.165, 1.54) is 29.9 Å². The van der Waals surface area contributed by atoms with E-state index >= 15 is 0 Å². The average molecular weight is 335 g/mol. The highest BCUT2D eigenvalue weighted by atomic mass is 32.1. The predicted octanol–water partition coefficient (Wildman–Crippen LogP) is 3.78. The molecular weight excluding hydrogens is 317 g/mol. The first kappa shape index (κ1) is 15.9. The summed E-state index contributed by atoms with van der Waals surface area (Å²) in [5.74, 6) is 0.383. The number of carbonyl (C=O) groups excluding carboxylic acids is 1. The molecule has 1 saturated carbocycles. The Balaban J connectivity index is 1.51. The van der Waals surface area contributed by atoms with Crippen molar-refractivity contribution in [3.05, 3.63) is 35.1 Å². The summed E-state index contributed by atoms with van der Waals surface area (Å²) in [5, 5.41) is 12.0. The molecule has 1 aromatic carbocycles. The van der Waals surface area contributed by atoms with Crippen molar-refractivity contribution in [3.63, 3.8) is 0 Å². The SMILES string of the molecule is O=C(Nc1nnc(COc2ccc(F)cc2)s1)C1CCCCC1. The molecule has 0 radical (unpaired) electrons. The molecule has 1 fully saturated rings. The van der Waals surface area contributed by atoms with Crippen LogP contribution in [0.4, 0.5) is 9.52 Å². The Labute approximate surface area is 137 Å². The zero-order chi connectivity index (χ0) is 16.1. The molecule has 0 saturated heterocycles. The number of rotatable bonds is 5. The Kier molecular flexibility index (Phi) is 5.17. The van der Waals surface area contributed by atoms with Gasteiger partial charge < -0.3 is 10.1 Å². The van der Waals surface area contributed by atoms with Crippen LogP contribution in [-0.2, 0) is 11.4 Å². The van der Waals surface area contributed by atoms with Crippen molar-refractivity contribution in [1.29, 1.82) is 0 Å². The van der Waals surface area contributed by atoms with Crippen LogP contribution in [0.3, 0.4) is 0 Å². The number of hydrogen-bond acceptors (Lipinski definition) is 5. The summed E-state index contributed by atoms with van der Waals surface area (Å²) in [4.78, 5) is 12.1. The van der Waals surface area contributed by atoms with Crippen molar-refractivity contribution >= 4 is 22.4 Å². The lowest BCUT2D eigenvalue weighted by atomic mass is 9.89. The first-order valence-corrected chi connectivity index (χ1v) is 8.54. The Morgan fingerprint density at radius 1 is 1.22 bits per heavy atom. The molecule has 0 aliphatic heterocycles. The topological polar surface area (TPSA) is 64.1 Å². The molecule has 23 heavy (non-hydrogen) atoms. The number of aromatic nitrogens is 2. The van der Waals surface area contributed by atoms with E-state index in [1.807, 2.05) is 0 Å². The number of amides is 1. The van der Waals surface area contributed by atoms with E-state index in [0.717, 1.165) is 25.7 Å². The van der Waals surface area contributed by atoms with E-state index in [1.54, 1.807) is 12.1 Å². The molecule has 1 aromatic heterocycles. The molecule has 0 bridgehead atoms. The molecule has 1 N–H and O–H groups in total. The molecule has 0 spiro atoms. The number of hydrogen-bond donors (Lipinski definition) is 1. The minimum Gasteiger partial charge on any atom is -0.486 e. The number of halogens is 1. The van der Waals surface area contributed by atoms with E-state index in [2.05, 4.69) is 15.5 Å². The second-order valence-corrected chi connectivity index (χ2v) is 6.63.